The van der Waals surface area contributed by atoms with Crippen molar-refractivity contribution in [1.82, 2.24) is 0 Å². The molecule has 0 amide bonds. The fraction of sp³-hybridized carbons (Fsp3) is 0.789. The van der Waals surface area contributed by atoms with Gasteiger partial charge in [0, 0.05) is 0 Å². The van der Waals surface area contributed by atoms with Crippen LogP contribution in [-0.4, -0.2) is 6.54 Å². The predicted molar refractivity (Wildman–Crippen MR) is 84.1 cm³/mol. The summed E-state index contributed by atoms with van der Waals surface area (Å²) in [6, 6.07) is 0. The fourth-order valence-electron chi connectivity index (χ4n) is 6.91. The van der Waals surface area contributed by atoms with Crippen molar-refractivity contribution in [2.75, 3.05) is 6.54 Å². The van der Waals surface area contributed by atoms with Crippen LogP contribution in [0.5, 0.6) is 0 Å². The molecule has 5 aliphatic carbocycles. The minimum absolute atomic E-state index is 0.433. The van der Waals surface area contributed by atoms with E-state index < -0.39 is 0 Å². The molecule has 2 bridgehead atoms. The Bertz CT molecular complexity index is 478. The van der Waals surface area contributed by atoms with Crippen LogP contribution in [0.2, 0.25) is 0 Å². The molecule has 3 fully saturated rings. The second-order valence-electron chi connectivity index (χ2n) is 8.29. The minimum atomic E-state index is 0.433. The first-order valence-electron chi connectivity index (χ1n) is 8.66. The number of hydrogen-bond acceptors (Lipinski definition) is 1. The second-order valence-corrected chi connectivity index (χ2v) is 8.29. The molecule has 2 N–H and O–H groups in total. The minimum Gasteiger partial charge on any atom is -0.330 e. The van der Waals surface area contributed by atoms with Crippen LogP contribution in [0, 0.1) is 40.4 Å². The maximum Gasteiger partial charge on any atom is -0.00130 e. The predicted octanol–water partition coefficient (Wildman–Crippen LogP) is 4.16. The lowest BCUT2D eigenvalue weighted by Gasteiger charge is -2.36. The highest BCUT2D eigenvalue weighted by Gasteiger charge is 2.75. The van der Waals surface area contributed by atoms with Gasteiger partial charge in [-0.1, -0.05) is 44.6 Å². The first-order valence-corrected chi connectivity index (χ1v) is 8.66. The standard InChI is InChI=1S/C19H29N/c1-4-6-19(11-20)16-14-5-7-18(17(16)19)10-12(2)8-15(18)13(3)9-14/h5,7,12,14-17H,3-4,6,8-11,20H2,1-2H3. The lowest BCUT2D eigenvalue weighted by atomic mass is 9.68. The van der Waals surface area contributed by atoms with Crippen LogP contribution < -0.4 is 5.73 Å². The van der Waals surface area contributed by atoms with Gasteiger partial charge in [0.25, 0.3) is 0 Å². The van der Waals surface area contributed by atoms with E-state index in [1.165, 1.54) is 32.1 Å². The second kappa shape index (κ2) is 4.00. The van der Waals surface area contributed by atoms with Crippen LogP contribution in [0.4, 0.5) is 0 Å². The van der Waals surface area contributed by atoms with Crippen molar-refractivity contribution in [3.8, 4) is 0 Å². The average Bonchev–Trinajstić information content (AvgIpc) is 3.03. The molecule has 0 radical (unpaired) electrons. The molecule has 110 valence electrons. The third-order valence-corrected chi connectivity index (χ3v) is 7.30. The van der Waals surface area contributed by atoms with Gasteiger partial charge in [0.15, 0.2) is 0 Å². The Labute approximate surface area is 123 Å². The van der Waals surface area contributed by atoms with Gasteiger partial charge < -0.3 is 5.73 Å². The summed E-state index contributed by atoms with van der Waals surface area (Å²) in [5, 5.41) is 0. The molecule has 1 nitrogen and oxygen atoms in total. The van der Waals surface area contributed by atoms with Crippen LogP contribution in [-0.2, 0) is 0 Å². The number of hydrogen-bond donors (Lipinski definition) is 1. The van der Waals surface area contributed by atoms with Crippen LogP contribution >= 0.6 is 0 Å². The van der Waals surface area contributed by atoms with E-state index in [-0.39, 0.29) is 0 Å². The highest BCUT2D eigenvalue weighted by atomic mass is 14.8. The van der Waals surface area contributed by atoms with Gasteiger partial charge in [-0.05, 0) is 72.6 Å². The van der Waals surface area contributed by atoms with E-state index in [1.54, 1.807) is 5.57 Å². The molecule has 0 saturated heterocycles. The summed E-state index contributed by atoms with van der Waals surface area (Å²) in [5.41, 5.74) is 8.77. The van der Waals surface area contributed by atoms with Gasteiger partial charge in [-0.15, -0.1) is 0 Å². The molecule has 1 heteroatoms. The van der Waals surface area contributed by atoms with Gasteiger partial charge in [0.05, 0.1) is 0 Å². The molecular formula is C19H29N. The van der Waals surface area contributed by atoms with Crippen molar-refractivity contribution in [2.45, 2.75) is 46.0 Å². The zero-order chi connectivity index (χ0) is 14.1. The number of fused-ring (bicyclic) bond motifs is 1. The zero-order valence-corrected chi connectivity index (χ0v) is 13.1. The van der Waals surface area contributed by atoms with Crippen molar-refractivity contribution in [3.05, 3.63) is 24.3 Å². The summed E-state index contributed by atoms with van der Waals surface area (Å²) < 4.78 is 0. The normalized spacial score (nSPS) is 55.5. The zero-order valence-electron chi connectivity index (χ0n) is 13.1. The monoisotopic (exact) mass is 271 g/mol. The smallest absolute Gasteiger partial charge is 0.00130 e. The van der Waals surface area contributed by atoms with E-state index in [0.29, 0.717) is 10.8 Å². The first-order chi connectivity index (χ1) is 9.59. The maximum absolute atomic E-state index is 6.32. The average molecular weight is 271 g/mol. The molecule has 7 unspecified atom stereocenters. The Morgan fingerprint density at radius 3 is 2.95 bits per heavy atom. The van der Waals surface area contributed by atoms with Gasteiger partial charge in [-0.3, -0.25) is 0 Å². The van der Waals surface area contributed by atoms with E-state index in [9.17, 15) is 0 Å². The number of nitrogens with two attached hydrogens (primary N) is 1. The van der Waals surface area contributed by atoms with Gasteiger partial charge >= 0.3 is 0 Å². The third-order valence-electron chi connectivity index (χ3n) is 7.30. The quantitative estimate of drug-likeness (QED) is 0.767. The van der Waals surface area contributed by atoms with Crippen LogP contribution in [0.25, 0.3) is 0 Å². The molecule has 5 rings (SSSR count). The first kappa shape index (κ1) is 13.1. The molecule has 7 atom stereocenters. The van der Waals surface area contributed by atoms with E-state index in [0.717, 1.165) is 36.1 Å². The van der Waals surface area contributed by atoms with Crippen molar-refractivity contribution in [2.24, 2.45) is 46.2 Å². The molecule has 1 spiro atoms. The SMILES string of the molecule is C=C1CC2C=CC3(CC(C)CC13)C1C2C1(CN)CCC. The number of rotatable bonds is 3. The van der Waals surface area contributed by atoms with E-state index >= 15 is 0 Å². The van der Waals surface area contributed by atoms with Gasteiger partial charge in [-0.25, -0.2) is 0 Å². The van der Waals surface area contributed by atoms with Crippen molar-refractivity contribution in [1.29, 1.82) is 0 Å². The molecule has 0 heterocycles. The topological polar surface area (TPSA) is 26.0 Å². The van der Waals surface area contributed by atoms with E-state index in [1.807, 2.05) is 0 Å². The molecule has 5 aliphatic rings. The molecule has 0 aromatic heterocycles. The highest BCUT2D eigenvalue weighted by molar-refractivity contribution is 5.37. The van der Waals surface area contributed by atoms with Crippen molar-refractivity contribution < 1.29 is 0 Å². The van der Waals surface area contributed by atoms with Gasteiger partial charge in [-0.2, -0.15) is 0 Å². The summed E-state index contributed by atoms with van der Waals surface area (Å²) in [5.74, 6) is 4.08. The molecule has 0 aromatic carbocycles. The Hall–Kier alpha value is -0.560. The summed E-state index contributed by atoms with van der Waals surface area (Å²) >= 11 is 0. The summed E-state index contributed by atoms with van der Waals surface area (Å²) in [7, 11) is 0. The van der Waals surface area contributed by atoms with E-state index in [4.69, 9.17) is 5.73 Å². The van der Waals surface area contributed by atoms with E-state index in [2.05, 4.69) is 32.6 Å². The van der Waals surface area contributed by atoms with Crippen LogP contribution in [0.3, 0.4) is 0 Å². The Morgan fingerprint density at radius 2 is 2.25 bits per heavy atom. The van der Waals surface area contributed by atoms with Gasteiger partial charge in [0.2, 0.25) is 0 Å². The fourth-order valence-corrected chi connectivity index (χ4v) is 6.91. The van der Waals surface area contributed by atoms with Crippen LogP contribution in [0.15, 0.2) is 24.3 Å². The lowest BCUT2D eigenvalue weighted by Crippen LogP contribution is -2.31. The molecule has 3 saturated carbocycles. The van der Waals surface area contributed by atoms with Crippen LogP contribution in [0.1, 0.15) is 46.0 Å². The summed E-state index contributed by atoms with van der Waals surface area (Å²) in [4.78, 5) is 0. The lowest BCUT2D eigenvalue weighted by molar-refractivity contribution is 0.212. The highest BCUT2D eigenvalue weighted by Crippen LogP contribution is 2.80. The molecule has 0 aliphatic heterocycles. The Kier molecular flexibility index (Phi) is 2.63. The molecule has 20 heavy (non-hydrogen) atoms. The molecular weight excluding hydrogens is 242 g/mol. The third kappa shape index (κ3) is 1.33. The van der Waals surface area contributed by atoms with Crippen molar-refractivity contribution in [3.63, 3.8) is 0 Å². The summed E-state index contributed by atoms with van der Waals surface area (Å²) in [6.45, 7) is 10.2. The largest absolute Gasteiger partial charge is 0.330 e. The molecule has 0 aromatic rings. The Balaban J connectivity index is 1.81. The summed E-state index contributed by atoms with van der Waals surface area (Å²) in [6.07, 6.45) is 11.8. The van der Waals surface area contributed by atoms with Crippen molar-refractivity contribution >= 4 is 0 Å². The maximum atomic E-state index is 6.32. The number of allylic oxidation sites excluding steroid dienone is 3. The Morgan fingerprint density at radius 1 is 1.45 bits per heavy atom. The van der Waals surface area contributed by atoms with Gasteiger partial charge in [0.1, 0.15) is 0 Å².